The van der Waals surface area contributed by atoms with E-state index in [0.717, 1.165) is 43.8 Å². The van der Waals surface area contributed by atoms with Gasteiger partial charge in [0, 0.05) is 53.5 Å². The molecular weight excluding hydrogens is 516 g/mol. The third kappa shape index (κ3) is 3.43. The maximum atomic E-state index is 5.32. The van der Waals surface area contributed by atoms with Crippen molar-refractivity contribution in [3.63, 3.8) is 0 Å². The molecule has 9 rings (SSSR count). The monoisotopic (exact) mass is 538 g/mol. The molecule has 0 spiro atoms. The van der Waals surface area contributed by atoms with Crippen molar-refractivity contribution in [1.82, 2.24) is 9.97 Å². The number of hydrogen-bond donors (Lipinski definition) is 0. The van der Waals surface area contributed by atoms with Gasteiger partial charge in [-0.05, 0) is 40.1 Å². The number of benzene rings is 6. The van der Waals surface area contributed by atoms with Gasteiger partial charge in [0.25, 0.3) is 0 Å². The smallest absolute Gasteiger partial charge is 0.0978 e. The number of aromatic nitrogens is 2. The average molecular weight is 539 g/mol. The molecule has 9 aromatic rings. The Balaban J connectivity index is 1.23. The van der Waals surface area contributed by atoms with Crippen molar-refractivity contribution >= 4 is 74.9 Å². The van der Waals surface area contributed by atoms with Crippen LogP contribution in [0.3, 0.4) is 0 Å². The van der Waals surface area contributed by atoms with E-state index in [0.29, 0.717) is 0 Å². The van der Waals surface area contributed by atoms with E-state index < -0.39 is 0 Å². The molecule has 0 aliphatic rings. The SMILES string of the molecule is c1ccc2c(c1)cnc1c2ccc2c3ccccc3c(-c3ccc(-c4ccc5sc6ccccc6c5c4)cc3)nc21. The van der Waals surface area contributed by atoms with Gasteiger partial charge >= 0.3 is 0 Å². The van der Waals surface area contributed by atoms with Crippen molar-refractivity contribution < 1.29 is 0 Å². The maximum Gasteiger partial charge on any atom is 0.0978 e. The number of rotatable bonds is 2. The topological polar surface area (TPSA) is 25.8 Å². The molecule has 3 aromatic heterocycles. The largest absolute Gasteiger partial charge is 0.253 e. The van der Waals surface area contributed by atoms with Crippen LogP contribution in [0.4, 0.5) is 0 Å². The zero-order valence-electron chi connectivity index (χ0n) is 22.0. The van der Waals surface area contributed by atoms with Crippen molar-refractivity contribution in [2.24, 2.45) is 0 Å². The molecule has 0 unspecified atom stereocenters. The molecule has 3 heteroatoms. The van der Waals surface area contributed by atoms with E-state index in [-0.39, 0.29) is 0 Å². The van der Waals surface area contributed by atoms with Crippen LogP contribution in [0.1, 0.15) is 0 Å². The molecule has 6 aromatic carbocycles. The summed E-state index contributed by atoms with van der Waals surface area (Å²) in [6, 6.07) is 45.8. The summed E-state index contributed by atoms with van der Waals surface area (Å²) in [6.45, 7) is 0. The van der Waals surface area contributed by atoms with Crippen LogP contribution in [0.2, 0.25) is 0 Å². The van der Waals surface area contributed by atoms with E-state index in [1.807, 2.05) is 17.5 Å². The summed E-state index contributed by atoms with van der Waals surface area (Å²) >= 11 is 1.86. The van der Waals surface area contributed by atoms with Gasteiger partial charge in [-0.2, -0.15) is 0 Å². The lowest BCUT2D eigenvalue weighted by Gasteiger charge is -2.13. The summed E-state index contributed by atoms with van der Waals surface area (Å²) in [7, 11) is 0. The Morgan fingerprint density at radius 3 is 1.90 bits per heavy atom. The van der Waals surface area contributed by atoms with Gasteiger partial charge in [0.2, 0.25) is 0 Å². The van der Waals surface area contributed by atoms with E-state index in [2.05, 4.69) is 127 Å². The standard InChI is InChI=1S/C38H22N2S/c1-2-8-27-26(7-1)22-39-37-31(27)18-19-32-28-9-3-4-11-30(28)36(40-38(32)37)24-15-13-23(14-16-24)25-17-20-35-33(21-25)29-10-5-6-12-34(29)41-35/h1-22H. The normalized spacial score (nSPS) is 11.9. The fourth-order valence-electron chi connectivity index (χ4n) is 6.29. The third-order valence-electron chi connectivity index (χ3n) is 8.30. The molecular formula is C38H22N2S. The summed E-state index contributed by atoms with van der Waals surface area (Å²) in [6.07, 6.45) is 1.97. The van der Waals surface area contributed by atoms with Crippen LogP contribution in [0.15, 0.2) is 134 Å². The minimum Gasteiger partial charge on any atom is -0.253 e. The average Bonchev–Trinajstić information content (AvgIpc) is 3.42. The number of hydrogen-bond acceptors (Lipinski definition) is 3. The molecule has 0 fully saturated rings. The summed E-state index contributed by atoms with van der Waals surface area (Å²) in [5.74, 6) is 0. The van der Waals surface area contributed by atoms with E-state index >= 15 is 0 Å². The van der Waals surface area contributed by atoms with Crippen molar-refractivity contribution in [2.75, 3.05) is 0 Å². The van der Waals surface area contributed by atoms with E-state index in [9.17, 15) is 0 Å². The summed E-state index contributed by atoms with van der Waals surface area (Å²) in [5, 5.41) is 9.61. The zero-order valence-corrected chi connectivity index (χ0v) is 22.8. The second kappa shape index (κ2) is 8.69. The van der Waals surface area contributed by atoms with Crippen molar-refractivity contribution in [1.29, 1.82) is 0 Å². The van der Waals surface area contributed by atoms with E-state index in [1.165, 1.54) is 42.1 Å². The molecule has 0 radical (unpaired) electrons. The van der Waals surface area contributed by atoms with Gasteiger partial charge in [-0.3, -0.25) is 4.98 Å². The van der Waals surface area contributed by atoms with E-state index in [1.54, 1.807) is 0 Å². The Hall–Kier alpha value is -5.12. The van der Waals surface area contributed by atoms with Crippen LogP contribution in [0.25, 0.3) is 85.9 Å². The fraction of sp³-hybridized carbons (Fsp3) is 0. The lowest BCUT2D eigenvalue weighted by atomic mass is 9.96. The number of thiophene rings is 1. The van der Waals surface area contributed by atoms with Crippen LogP contribution in [-0.4, -0.2) is 9.97 Å². The predicted octanol–water partition coefficient (Wildman–Crippen LogP) is 10.8. The highest BCUT2D eigenvalue weighted by Gasteiger charge is 2.15. The first-order valence-electron chi connectivity index (χ1n) is 13.8. The molecule has 0 aliphatic heterocycles. The molecule has 0 bridgehead atoms. The molecule has 0 saturated carbocycles. The Kier molecular flexibility index (Phi) is 4.80. The van der Waals surface area contributed by atoms with Crippen LogP contribution < -0.4 is 0 Å². The maximum absolute atomic E-state index is 5.32. The van der Waals surface area contributed by atoms with Gasteiger partial charge in [-0.25, -0.2) is 4.98 Å². The minimum absolute atomic E-state index is 0.945. The van der Waals surface area contributed by atoms with Crippen molar-refractivity contribution in [3.05, 3.63) is 134 Å². The Morgan fingerprint density at radius 2 is 1.05 bits per heavy atom. The lowest BCUT2D eigenvalue weighted by Crippen LogP contribution is -1.93. The molecule has 190 valence electrons. The first-order valence-corrected chi connectivity index (χ1v) is 14.6. The molecule has 41 heavy (non-hydrogen) atoms. The summed E-state index contributed by atoms with van der Waals surface area (Å²) in [4.78, 5) is 10.2. The summed E-state index contributed by atoms with van der Waals surface area (Å²) in [5.41, 5.74) is 6.41. The molecule has 2 nitrogen and oxygen atoms in total. The Labute approximate surface area is 240 Å². The van der Waals surface area contributed by atoms with Crippen LogP contribution in [-0.2, 0) is 0 Å². The number of pyridine rings is 2. The molecule has 3 heterocycles. The first kappa shape index (κ1) is 22.7. The van der Waals surface area contributed by atoms with Gasteiger partial charge in [-0.15, -0.1) is 11.3 Å². The molecule has 0 amide bonds. The lowest BCUT2D eigenvalue weighted by molar-refractivity contribution is 1.40. The van der Waals surface area contributed by atoms with Gasteiger partial charge in [-0.1, -0.05) is 109 Å². The zero-order chi connectivity index (χ0) is 26.9. The second-order valence-electron chi connectivity index (χ2n) is 10.6. The molecule has 0 N–H and O–H groups in total. The highest BCUT2D eigenvalue weighted by molar-refractivity contribution is 7.25. The minimum atomic E-state index is 0.945. The van der Waals surface area contributed by atoms with Crippen LogP contribution in [0.5, 0.6) is 0 Å². The highest BCUT2D eigenvalue weighted by atomic mass is 32.1. The van der Waals surface area contributed by atoms with Crippen molar-refractivity contribution in [2.45, 2.75) is 0 Å². The van der Waals surface area contributed by atoms with Crippen molar-refractivity contribution in [3.8, 4) is 22.4 Å². The highest BCUT2D eigenvalue weighted by Crippen LogP contribution is 2.39. The first-order chi connectivity index (χ1) is 20.3. The third-order valence-corrected chi connectivity index (χ3v) is 9.45. The summed E-state index contributed by atoms with van der Waals surface area (Å²) < 4.78 is 2.66. The van der Waals surface area contributed by atoms with E-state index in [4.69, 9.17) is 9.97 Å². The Bertz CT molecular complexity index is 2470. The quantitative estimate of drug-likeness (QED) is 0.205. The van der Waals surface area contributed by atoms with Gasteiger partial charge in [0.15, 0.2) is 0 Å². The molecule has 0 saturated heterocycles. The van der Waals surface area contributed by atoms with Gasteiger partial charge in [0.05, 0.1) is 16.7 Å². The second-order valence-corrected chi connectivity index (χ2v) is 11.7. The van der Waals surface area contributed by atoms with Crippen LogP contribution >= 0.6 is 11.3 Å². The number of nitrogens with zero attached hydrogens (tertiary/aromatic N) is 2. The van der Waals surface area contributed by atoms with Gasteiger partial charge < -0.3 is 0 Å². The molecule has 0 atom stereocenters. The fourth-order valence-corrected chi connectivity index (χ4v) is 7.38. The predicted molar refractivity (Wildman–Crippen MR) is 176 cm³/mol. The number of fused-ring (bicyclic) bond motifs is 10. The molecule has 0 aliphatic carbocycles. The van der Waals surface area contributed by atoms with Crippen LogP contribution in [0, 0.1) is 0 Å². The Morgan fingerprint density at radius 1 is 0.415 bits per heavy atom. The van der Waals surface area contributed by atoms with Gasteiger partial charge in [0.1, 0.15) is 0 Å².